The van der Waals surface area contributed by atoms with Crippen molar-refractivity contribution in [1.82, 2.24) is 18.6 Å². The molecule has 0 spiro atoms. The van der Waals surface area contributed by atoms with E-state index < -0.39 is 10.2 Å². The molecule has 0 unspecified atom stereocenters. The summed E-state index contributed by atoms with van der Waals surface area (Å²) >= 11 is 5.94. The van der Waals surface area contributed by atoms with Crippen LogP contribution in [0.4, 0.5) is 0 Å². The maximum atomic E-state index is 12.0. The molecule has 0 N–H and O–H groups in total. The Morgan fingerprint density at radius 1 is 1.33 bits per heavy atom. The molecule has 1 aromatic rings. The van der Waals surface area contributed by atoms with E-state index in [1.165, 1.54) is 8.61 Å². The van der Waals surface area contributed by atoms with Crippen LogP contribution < -0.4 is 0 Å². The van der Waals surface area contributed by atoms with Crippen LogP contribution in [0.5, 0.6) is 0 Å². The van der Waals surface area contributed by atoms with Crippen LogP contribution >= 0.6 is 11.6 Å². The minimum absolute atomic E-state index is 0.400. The van der Waals surface area contributed by atoms with Crippen molar-refractivity contribution < 1.29 is 8.42 Å². The lowest BCUT2D eigenvalue weighted by molar-refractivity contribution is 0.259. The second-order valence-corrected chi connectivity index (χ2v) is 8.11. The van der Waals surface area contributed by atoms with Crippen molar-refractivity contribution in [1.29, 1.82) is 0 Å². The van der Waals surface area contributed by atoms with Crippen LogP contribution in [-0.4, -0.2) is 54.2 Å². The molecule has 1 aliphatic rings. The van der Waals surface area contributed by atoms with Crippen LogP contribution in [-0.2, 0) is 16.6 Å². The number of piperidine rings is 1. The van der Waals surface area contributed by atoms with E-state index in [1.807, 2.05) is 6.92 Å². The fourth-order valence-electron chi connectivity index (χ4n) is 2.51. The van der Waals surface area contributed by atoms with E-state index in [1.54, 1.807) is 20.2 Å². The molecule has 6 nitrogen and oxygen atoms in total. The molecule has 0 atom stereocenters. The topological polar surface area (TPSA) is 66.4 Å². The molecule has 0 aliphatic carbocycles. The molecule has 2 heterocycles. The van der Waals surface area contributed by atoms with Crippen molar-refractivity contribution in [3.63, 3.8) is 0 Å². The number of aromatic nitrogens is 2. The molecule has 8 heteroatoms. The predicted octanol–water partition coefficient (Wildman–Crippen LogP) is 1.50. The highest BCUT2D eigenvalue weighted by atomic mass is 35.5. The van der Waals surface area contributed by atoms with E-state index in [0.29, 0.717) is 24.2 Å². The lowest BCUT2D eigenvalue weighted by Crippen LogP contribution is -2.44. The Kier molecular flexibility index (Phi) is 5.19. The first-order valence-corrected chi connectivity index (χ1v) is 8.74. The van der Waals surface area contributed by atoms with E-state index in [-0.39, 0.29) is 0 Å². The molecule has 0 aromatic carbocycles. The van der Waals surface area contributed by atoms with Crippen molar-refractivity contribution in [3.8, 4) is 0 Å². The molecule has 0 radical (unpaired) electrons. The summed E-state index contributed by atoms with van der Waals surface area (Å²) in [6.45, 7) is 2.98. The quantitative estimate of drug-likeness (QED) is 0.784. The number of rotatable bonds is 4. The Bertz CT molecular complexity index is 578. The Balaban J connectivity index is 1.96. The summed E-state index contributed by atoms with van der Waals surface area (Å²) in [5.41, 5.74) is 0.859. The molecule has 118 valence electrons. The average molecular weight is 333 g/mol. The average Bonchev–Trinajstić information content (AvgIpc) is 2.37. The monoisotopic (exact) mass is 332 g/mol. The van der Waals surface area contributed by atoms with E-state index >= 15 is 0 Å². The number of halogens is 1. The van der Waals surface area contributed by atoms with Crippen LogP contribution in [0.3, 0.4) is 0 Å². The van der Waals surface area contributed by atoms with Crippen LogP contribution in [0.25, 0.3) is 0 Å². The Hall–Kier alpha value is -0.760. The van der Waals surface area contributed by atoms with Crippen molar-refractivity contribution in [3.05, 3.63) is 22.7 Å². The third-order valence-corrected chi connectivity index (χ3v) is 5.84. The molecule has 1 fully saturated rings. The van der Waals surface area contributed by atoms with Crippen LogP contribution in [0.15, 0.2) is 6.07 Å². The van der Waals surface area contributed by atoms with Gasteiger partial charge in [-0.25, -0.2) is 9.97 Å². The Morgan fingerprint density at radius 3 is 2.48 bits per heavy atom. The van der Waals surface area contributed by atoms with E-state index in [2.05, 4.69) is 9.97 Å². The zero-order valence-corrected chi connectivity index (χ0v) is 14.2. The maximum absolute atomic E-state index is 12.0. The maximum Gasteiger partial charge on any atom is 0.281 e. The van der Waals surface area contributed by atoms with Crippen LogP contribution in [0.1, 0.15) is 24.4 Å². The minimum atomic E-state index is -3.30. The lowest BCUT2D eigenvalue weighted by atomic mass is 9.94. The first kappa shape index (κ1) is 16.6. The first-order chi connectivity index (χ1) is 9.79. The van der Waals surface area contributed by atoms with Gasteiger partial charge in [0.25, 0.3) is 10.2 Å². The molecule has 0 saturated carbocycles. The molecule has 21 heavy (non-hydrogen) atoms. The summed E-state index contributed by atoms with van der Waals surface area (Å²) in [5.74, 6) is 1.14. The predicted molar refractivity (Wildman–Crippen MR) is 82.4 cm³/mol. The molecule has 0 amide bonds. The molecule has 1 aromatic heterocycles. The highest BCUT2D eigenvalue weighted by Crippen LogP contribution is 2.23. The number of nitrogens with zero attached hydrogens (tertiary/aromatic N) is 4. The van der Waals surface area contributed by atoms with Gasteiger partial charge in [-0.05, 0) is 31.7 Å². The fourth-order valence-corrected chi connectivity index (χ4v) is 3.90. The molecule has 2 rings (SSSR count). The van der Waals surface area contributed by atoms with Gasteiger partial charge in [-0.2, -0.15) is 17.0 Å². The summed E-state index contributed by atoms with van der Waals surface area (Å²) in [7, 11) is -0.176. The van der Waals surface area contributed by atoms with Crippen molar-refractivity contribution in [2.75, 3.05) is 27.2 Å². The van der Waals surface area contributed by atoms with Gasteiger partial charge in [-0.3, -0.25) is 0 Å². The van der Waals surface area contributed by atoms with Gasteiger partial charge >= 0.3 is 0 Å². The first-order valence-electron chi connectivity index (χ1n) is 6.96. The highest BCUT2D eigenvalue weighted by molar-refractivity contribution is 7.86. The zero-order chi connectivity index (χ0) is 15.6. The molecular weight excluding hydrogens is 312 g/mol. The second-order valence-electron chi connectivity index (χ2n) is 5.58. The molecule has 0 bridgehead atoms. The van der Waals surface area contributed by atoms with Gasteiger partial charge in [-0.1, -0.05) is 11.6 Å². The van der Waals surface area contributed by atoms with Crippen molar-refractivity contribution >= 4 is 21.8 Å². The Morgan fingerprint density at radius 2 is 1.95 bits per heavy atom. The van der Waals surface area contributed by atoms with Gasteiger partial charge in [0.1, 0.15) is 11.0 Å². The second kappa shape index (κ2) is 6.56. The van der Waals surface area contributed by atoms with Crippen LogP contribution in [0.2, 0.25) is 5.15 Å². The summed E-state index contributed by atoms with van der Waals surface area (Å²) in [4.78, 5) is 8.63. The summed E-state index contributed by atoms with van der Waals surface area (Å²) < 4.78 is 26.9. The SMILES string of the molecule is Cc1cc(Cl)nc(CC2CCN(S(=O)(=O)N(C)C)CC2)n1. The third-order valence-electron chi connectivity index (χ3n) is 3.70. The molecular formula is C13H21ClN4O2S. The van der Waals surface area contributed by atoms with Gasteiger partial charge in [0.2, 0.25) is 0 Å². The summed E-state index contributed by atoms with van der Waals surface area (Å²) in [6, 6.07) is 1.73. The smallest absolute Gasteiger partial charge is 0.238 e. The van der Waals surface area contributed by atoms with Crippen molar-refractivity contribution in [2.45, 2.75) is 26.2 Å². The van der Waals surface area contributed by atoms with Gasteiger partial charge in [0, 0.05) is 39.3 Å². The highest BCUT2D eigenvalue weighted by Gasteiger charge is 2.29. The van der Waals surface area contributed by atoms with Crippen molar-refractivity contribution in [2.24, 2.45) is 5.92 Å². The van der Waals surface area contributed by atoms with Gasteiger partial charge in [-0.15, -0.1) is 0 Å². The van der Waals surface area contributed by atoms with Gasteiger partial charge < -0.3 is 0 Å². The van der Waals surface area contributed by atoms with E-state index in [0.717, 1.165) is 30.8 Å². The number of hydrogen-bond acceptors (Lipinski definition) is 4. The largest absolute Gasteiger partial charge is 0.281 e. The van der Waals surface area contributed by atoms with Gasteiger partial charge in [0.05, 0.1) is 0 Å². The van der Waals surface area contributed by atoms with E-state index in [4.69, 9.17) is 11.6 Å². The third kappa shape index (κ3) is 4.12. The lowest BCUT2D eigenvalue weighted by Gasteiger charge is -2.32. The fraction of sp³-hybridized carbons (Fsp3) is 0.692. The molecule has 1 saturated heterocycles. The number of hydrogen-bond donors (Lipinski definition) is 0. The number of aryl methyl sites for hydroxylation is 1. The molecule has 1 aliphatic heterocycles. The van der Waals surface area contributed by atoms with E-state index in [9.17, 15) is 8.42 Å². The normalized spacial score (nSPS) is 18.3. The standard InChI is InChI=1S/C13H21ClN4O2S/c1-10-8-12(14)16-13(15-10)9-11-4-6-18(7-5-11)21(19,20)17(2)3/h8,11H,4-7,9H2,1-3H3. The summed E-state index contributed by atoms with van der Waals surface area (Å²) in [6.07, 6.45) is 2.39. The Labute approximate surface area is 131 Å². The minimum Gasteiger partial charge on any atom is -0.238 e. The summed E-state index contributed by atoms with van der Waals surface area (Å²) in [5, 5.41) is 0.463. The van der Waals surface area contributed by atoms with Gasteiger partial charge in [0.15, 0.2) is 0 Å². The zero-order valence-electron chi connectivity index (χ0n) is 12.6. The van der Waals surface area contributed by atoms with Crippen LogP contribution in [0, 0.1) is 12.8 Å².